The summed E-state index contributed by atoms with van der Waals surface area (Å²) in [5.41, 5.74) is 1.12. The number of nitrogens with one attached hydrogen (secondary N) is 3. The molecule has 0 atom stereocenters. The molecule has 13 heteroatoms. The summed E-state index contributed by atoms with van der Waals surface area (Å²) in [6, 6.07) is 15.5. The summed E-state index contributed by atoms with van der Waals surface area (Å²) in [5, 5.41) is 12.0. The SMILES string of the molecule is CC(C)(C)c1cc(NC(=O)Nc2ccc(Oc3ccnc(NS(C)(=O)=O)c3)cc2F)n(-c2ccc3cnccc3c2)n1. The molecule has 3 aromatic heterocycles. The number of anilines is 3. The third kappa shape index (κ3) is 6.81. The zero-order valence-electron chi connectivity index (χ0n) is 23.2. The molecule has 2 amide bonds. The van der Waals surface area contributed by atoms with Gasteiger partial charge in [-0.25, -0.2) is 27.3 Å². The summed E-state index contributed by atoms with van der Waals surface area (Å²) >= 11 is 0. The minimum absolute atomic E-state index is 0.0555. The standard InChI is InChI=1S/C29H28FN7O4S/c1-29(2,3)25-16-27(37(35-25)20-6-5-19-17-31-11-9-18(19)13-20)34-28(38)33-24-8-7-21(14-23(24)30)41-22-10-12-32-26(15-22)36-42(4,39)40/h5-17H,1-4H3,(H,32,36)(H2,33,34,38). The third-order valence-electron chi connectivity index (χ3n) is 6.03. The number of amides is 2. The molecule has 216 valence electrons. The molecule has 42 heavy (non-hydrogen) atoms. The zero-order valence-corrected chi connectivity index (χ0v) is 24.0. The molecule has 0 radical (unpaired) electrons. The van der Waals surface area contributed by atoms with E-state index < -0.39 is 21.9 Å². The lowest BCUT2D eigenvalue weighted by molar-refractivity contribution is 0.262. The fraction of sp³-hybridized carbons (Fsp3) is 0.172. The first kappa shape index (κ1) is 28.5. The van der Waals surface area contributed by atoms with Crippen LogP contribution < -0.4 is 20.1 Å². The van der Waals surface area contributed by atoms with E-state index in [0.717, 1.165) is 34.5 Å². The first-order chi connectivity index (χ1) is 19.8. The van der Waals surface area contributed by atoms with Crippen molar-refractivity contribution in [3.63, 3.8) is 0 Å². The van der Waals surface area contributed by atoms with E-state index in [-0.39, 0.29) is 28.4 Å². The fourth-order valence-corrected chi connectivity index (χ4v) is 4.51. The van der Waals surface area contributed by atoms with Gasteiger partial charge in [0.1, 0.15) is 29.0 Å². The molecule has 0 aliphatic rings. The first-order valence-corrected chi connectivity index (χ1v) is 14.7. The molecule has 0 aliphatic heterocycles. The number of halogens is 1. The van der Waals surface area contributed by atoms with Gasteiger partial charge >= 0.3 is 6.03 Å². The zero-order chi connectivity index (χ0) is 30.1. The molecule has 0 saturated heterocycles. The molecule has 0 spiro atoms. The Morgan fingerprint density at radius 2 is 1.71 bits per heavy atom. The summed E-state index contributed by atoms with van der Waals surface area (Å²) in [5.74, 6) is 0.0943. The summed E-state index contributed by atoms with van der Waals surface area (Å²) in [6.07, 6.45) is 5.82. The van der Waals surface area contributed by atoms with Gasteiger partial charge in [0.05, 0.1) is 23.3 Å². The highest BCUT2D eigenvalue weighted by Gasteiger charge is 2.22. The van der Waals surface area contributed by atoms with Gasteiger partial charge in [-0.2, -0.15) is 5.10 Å². The molecule has 0 bridgehead atoms. The van der Waals surface area contributed by atoms with E-state index >= 15 is 0 Å². The number of hydrogen-bond donors (Lipinski definition) is 3. The quantitative estimate of drug-likeness (QED) is 0.210. The molecular formula is C29H28FN7O4S. The van der Waals surface area contributed by atoms with Crippen LogP contribution in [-0.2, 0) is 15.4 Å². The average molecular weight is 590 g/mol. The lowest BCUT2D eigenvalue weighted by Crippen LogP contribution is -2.22. The lowest BCUT2D eigenvalue weighted by Gasteiger charge is -2.14. The van der Waals surface area contributed by atoms with Gasteiger partial charge in [-0.15, -0.1) is 0 Å². The average Bonchev–Trinajstić information content (AvgIpc) is 3.33. The number of hydrogen-bond acceptors (Lipinski definition) is 7. The van der Waals surface area contributed by atoms with E-state index in [1.54, 1.807) is 23.1 Å². The maximum Gasteiger partial charge on any atom is 0.324 e. The molecule has 2 aromatic carbocycles. The number of carbonyl (C=O) groups is 1. The molecule has 3 heterocycles. The summed E-state index contributed by atoms with van der Waals surface area (Å²) < 4.78 is 47.4. The van der Waals surface area contributed by atoms with Gasteiger partial charge in [0.2, 0.25) is 10.0 Å². The second kappa shape index (κ2) is 11.1. The largest absolute Gasteiger partial charge is 0.457 e. The van der Waals surface area contributed by atoms with Gasteiger partial charge in [-0.1, -0.05) is 26.8 Å². The van der Waals surface area contributed by atoms with E-state index in [9.17, 15) is 17.6 Å². The Labute approximate surface area is 241 Å². The Balaban J connectivity index is 1.33. The van der Waals surface area contributed by atoms with Gasteiger partial charge in [0.15, 0.2) is 0 Å². The molecule has 5 rings (SSSR count). The van der Waals surface area contributed by atoms with Crippen LogP contribution in [-0.4, -0.2) is 40.5 Å². The third-order valence-corrected chi connectivity index (χ3v) is 6.61. The Hall–Kier alpha value is -5.04. The topological polar surface area (TPSA) is 140 Å². The minimum atomic E-state index is -3.53. The highest BCUT2D eigenvalue weighted by atomic mass is 32.2. The van der Waals surface area contributed by atoms with Gasteiger partial charge in [0, 0.05) is 47.6 Å². The Bertz CT molecular complexity index is 1900. The number of ether oxygens (including phenoxy) is 1. The molecule has 0 fully saturated rings. The number of sulfonamides is 1. The predicted molar refractivity (Wildman–Crippen MR) is 159 cm³/mol. The van der Waals surface area contributed by atoms with Crippen molar-refractivity contribution in [1.29, 1.82) is 0 Å². The maximum atomic E-state index is 15.0. The van der Waals surface area contributed by atoms with Crippen LogP contribution in [0.4, 0.5) is 26.5 Å². The number of urea groups is 1. The second-order valence-corrected chi connectivity index (χ2v) is 12.3. The van der Waals surface area contributed by atoms with Gasteiger partial charge in [-0.3, -0.25) is 15.0 Å². The minimum Gasteiger partial charge on any atom is -0.457 e. The maximum absolute atomic E-state index is 15.0. The molecule has 3 N–H and O–H groups in total. The van der Waals surface area contributed by atoms with Crippen molar-refractivity contribution >= 4 is 44.1 Å². The summed E-state index contributed by atoms with van der Waals surface area (Å²) in [7, 11) is -3.53. The monoisotopic (exact) mass is 589 g/mol. The van der Waals surface area contributed by atoms with Crippen LogP contribution in [0.2, 0.25) is 0 Å². The number of carbonyl (C=O) groups excluding carboxylic acids is 1. The van der Waals surface area contributed by atoms with Crippen molar-refractivity contribution in [2.24, 2.45) is 0 Å². The predicted octanol–water partition coefficient (Wildman–Crippen LogP) is 6.06. The summed E-state index contributed by atoms with van der Waals surface area (Å²) in [4.78, 5) is 21.0. The van der Waals surface area contributed by atoms with Crippen LogP contribution in [0, 0.1) is 5.82 Å². The molecule has 5 aromatic rings. The highest BCUT2D eigenvalue weighted by Crippen LogP contribution is 2.29. The van der Waals surface area contributed by atoms with E-state index in [4.69, 9.17) is 9.84 Å². The Kier molecular flexibility index (Phi) is 7.52. The van der Waals surface area contributed by atoms with Gasteiger partial charge < -0.3 is 10.1 Å². The van der Waals surface area contributed by atoms with E-state index in [1.165, 1.54) is 30.5 Å². The van der Waals surface area contributed by atoms with Crippen molar-refractivity contribution in [3.8, 4) is 17.2 Å². The number of rotatable bonds is 7. The molecule has 0 saturated carbocycles. The highest BCUT2D eigenvalue weighted by molar-refractivity contribution is 7.92. The number of nitrogens with zero attached hydrogens (tertiary/aromatic N) is 4. The van der Waals surface area contributed by atoms with Crippen molar-refractivity contribution in [1.82, 2.24) is 19.7 Å². The van der Waals surface area contributed by atoms with Crippen LogP contribution in [0.5, 0.6) is 11.5 Å². The van der Waals surface area contributed by atoms with Gasteiger partial charge in [0.25, 0.3) is 0 Å². The number of pyridine rings is 2. The normalized spacial score (nSPS) is 11.7. The molecule has 11 nitrogen and oxygen atoms in total. The van der Waals surface area contributed by atoms with E-state index in [2.05, 4.69) is 25.3 Å². The number of benzene rings is 2. The van der Waals surface area contributed by atoms with Gasteiger partial charge in [-0.05, 0) is 41.8 Å². The number of aromatic nitrogens is 4. The van der Waals surface area contributed by atoms with Crippen molar-refractivity contribution in [3.05, 3.63) is 90.8 Å². The van der Waals surface area contributed by atoms with Crippen LogP contribution in [0.15, 0.2) is 79.3 Å². The first-order valence-electron chi connectivity index (χ1n) is 12.8. The van der Waals surface area contributed by atoms with Crippen LogP contribution in [0.1, 0.15) is 26.5 Å². The summed E-state index contributed by atoms with van der Waals surface area (Å²) in [6.45, 7) is 6.05. The smallest absolute Gasteiger partial charge is 0.324 e. The Morgan fingerprint density at radius 1 is 0.929 bits per heavy atom. The van der Waals surface area contributed by atoms with Crippen LogP contribution in [0.3, 0.4) is 0 Å². The van der Waals surface area contributed by atoms with Crippen molar-refractivity contribution in [2.75, 3.05) is 21.6 Å². The Morgan fingerprint density at radius 3 is 2.45 bits per heavy atom. The van der Waals surface area contributed by atoms with Crippen molar-refractivity contribution in [2.45, 2.75) is 26.2 Å². The fourth-order valence-electron chi connectivity index (χ4n) is 4.02. The lowest BCUT2D eigenvalue weighted by atomic mass is 9.92. The number of fused-ring (bicyclic) bond motifs is 1. The second-order valence-electron chi connectivity index (χ2n) is 10.6. The molecular weight excluding hydrogens is 561 g/mol. The van der Waals surface area contributed by atoms with Crippen molar-refractivity contribution < 1.29 is 22.3 Å². The van der Waals surface area contributed by atoms with Crippen LogP contribution in [0.25, 0.3) is 16.5 Å². The molecule has 0 unspecified atom stereocenters. The van der Waals surface area contributed by atoms with E-state index in [1.807, 2.05) is 45.0 Å². The van der Waals surface area contributed by atoms with E-state index in [0.29, 0.717) is 5.82 Å². The molecule has 0 aliphatic carbocycles. The van der Waals surface area contributed by atoms with Crippen LogP contribution >= 0.6 is 0 Å².